The monoisotopic (exact) mass is 563 g/mol. The molecule has 2 aliphatic heterocycles. The molecule has 0 saturated carbocycles. The minimum Gasteiger partial charge on any atom is -0.493 e. The van der Waals surface area contributed by atoms with Crippen LogP contribution in [0, 0.1) is 5.82 Å². The van der Waals surface area contributed by atoms with Gasteiger partial charge in [-0.1, -0.05) is 6.07 Å². The van der Waals surface area contributed by atoms with Gasteiger partial charge >= 0.3 is 0 Å². The topological polar surface area (TPSA) is 124 Å². The number of halogens is 1. The number of nitrogens with one attached hydrogen (secondary N) is 1. The number of methoxy groups -OCH3 is 1. The predicted molar refractivity (Wildman–Crippen MR) is 145 cm³/mol. The fraction of sp³-hybridized carbons (Fsp3) is 0.286. The van der Waals surface area contributed by atoms with Crippen LogP contribution in [0.3, 0.4) is 0 Å². The average molecular weight is 564 g/mol. The number of anilines is 2. The summed E-state index contributed by atoms with van der Waals surface area (Å²) >= 11 is 0. The van der Waals surface area contributed by atoms with E-state index in [1.165, 1.54) is 13.2 Å². The number of sulfone groups is 1. The Labute approximate surface area is 230 Å². The van der Waals surface area contributed by atoms with Gasteiger partial charge in [0.2, 0.25) is 0 Å². The molecule has 0 atom stereocenters. The van der Waals surface area contributed by atoms with Crippen molar-refractivity contribution < 1.29 is 27.1 Å². The third-order valence-corrected chi connectivity index (χ3v) is 8.82. The molecule has 10 nitrogen and oxygen atoms in total. The van der Waals surface area contributed by atoms with Crippen molar-refractivity contribution >= 4 is 38.3 Å². The fourth-order valence-electron chi connectivity index (χ4n) is 5.05. The van der Waals surface area contributed by atoms with Gasteiger partial charge in [-0.15, -0.1) is 0 Å². The Morgan fingerprint density at radius 1 is 1.18 bits per heavy atom. The fourth-order valence-corrected chi connectivity index (χ4v) is 6.44. The summed E-state index contributed by atoms with van der Waals surface area (Å²) in [6.45, 7) is 1.10. The highest BCUT2D eigenvalue weighted by molar-refractivity contribution is 7.91. The van der Waals surface area contributed by atoms with Crippen LogP contribution in [0.4, 0.5) is 16.0 Å². The van der Waals surface area contributed by atoms with E-state index in [9.17, 15) is 17.6 Å². The lowest BCUT2D eigenvalue weighted by Gasteiger charge is -2.30. The lowest BCUT2D eigenvalue weighted by atomic mass is 10.0. The highest BCUT2D eigenvalue weighted by atomic mass is 32.2. The van der Waals surface area contributed by atoms with E-state index >= 15 is 0 Å². The van der Waals surface area contributed by atoms with Gasteiger partial charge in [-0.05, 0) is 48.7 Å². The van der Waals surface area contributed by atoms with Crippen LogP contribution in [0.5, 0.6) is 5.75 Å². The number of hydrogen-bond acceptors (Lipinski definition) is 9. The maximum absolute atomic E-state index is 14.2. The van der Waals surface area contributed by atoms with Crippen LogP contribution in [0.1, 0.15) is 33.6 Å². The smallest absolute Gasteiger partial charge is 0.251 e. The van der Waals surface area contributed by atoms with Gasteiger partial charge in [0.25, 0.3) is 5.91 Å². The first-order chi connectivity index (χ1) is 19.3. The van der Waals surface area contributed by atoms with Gasteiger partial charge in [0.05, 0.1) is 54.9 Å². The Hall–Kier alpha value is -4.16. The van der Waals surface area contributed by atoms with Crippen molar-refractivity contribution in [3.63, 3.8) is 0 Å². The second kappa shape index (κ2) is 10.4. The van der Waals surface area contributed by atoms with Crippen molar-refractivity contribution in [1.82, 2.24) is 20.3 Å². The van der Waals surface area contributed by atoms with E-state index in [1.54, 1.807) is 24.4 Å². The Morgan fingerprint density at radius 2 is 2.05 bits per heavy atom. The van der Waals surface area contributed by atoms with Crippen molar-refractivity contribution in [3.05, 3.63) is 77.0 Å². The maximum Gasteiger partial charge on any atom is 0.251 e. The van der Waals surface area contributed by atoms with Crippen LogP contribution in [0.2, 0.25) is 0 Å². The molecule has 206 valence electrons. The van der Waals surface area contributed by atoms with E-state index in [0.29, 0.717) is 46.9 Å². The first kappa shape index (κ1) is 26.1. The molecule has 0 radical (unpaired) electrons. The molecule has 0 fully saturated rings. The van der Waals surface area contributed by atoms with Crippen molar-refractivity contribution in [2.24, 2.45) is 0 Å². The molecule has 1 amide bonds. The Balaban J connectivity index is 1.23. The molecule has 0 aliphatic carbocycles. The van der Waals surface area contributed by atoms with Gasteiger partial charge in [0.1, 0.15) is 11.6 Å². The number of nitrogens with zero attached hydrogens (tertiary/aromatic N) is 4. The molecule has 0 saturated heterocycles. The highest BCUT2D eigenvalue weighted by Crippen LogP contribution is 2.37. The molecule has 6 rings (SSSR count). The Bertz CT molecular complexity index is 1750. The summed E-state index contributed by atoms with van der Waals surface area (Å²) in [7, 11) is -2.08. The number of pyridine rings is 3. The molecule has 0 bridgehead atoms. The lowest BCUT2D eigenvalue weighted by Crippen LogP contribution is -2.27. The van der Waals surface area contributed by atoms with E-state index in [4.69, 9.17) is 14.5 Å². The number of benzene rings is 1. The SMILES string of the molecule is COc1c(F)cnc2c1CCCN2c1ccc2cnc(CNC(=O)c3ccc4c(c3)S(=O)(=O)CCOC4)cc2n1. The molecule has 12 heteroatoms. The minimum atomic E-state index is -3.52. The number of aromatic nitrogens is 3. The average Bonchev–Trinajstić information content (AvgIpc) is 3.12. The maximum atomic E-state index is 14.2. The van der Waals surface area contributed by atoms with Crippen LogP contribution in [0.15, 0.2) is 53.7 Å². The van der Waals surface area contributed by atoms with Gasteiger partial charge in [-0.2, -0.15) is 0 Å². The first-order valence-corrected chi connectivity index (χ1v) is 14.5. The number of rotatable bonds is 5. The highest BCUT2D eigenvalue weighted by Gasteiger charge is 2.26. The molecule has 5 heterocycles. The molecule has 4 aromatic rings. The zero-order valence-electron chi connectivity index (χ0n) is 21.7. The quantitative estimate of drug-likeness (QED) is 0.389. The van der Waals surface area contributed by atoms with Crippen LogP contribution in [-0.4, -0.2) is 55.3 Å². The number of carbonyl (C=O) groups excluding carboxylic acids is 1. The molecule has 0 spiro atoms. The van der Waals surface area contributed by atoms with E-state index in [0.717, 1.165) is 18.0 Å². The molecular formula is C28H26FN5O5S. The number of hydrogen-bond donors (Lipinski definition) is 1. The van der Waals surface area contributed by atoms with Crippen LogP contribution in [-0.2, 0) is 34.1 Å². The number of carbonyl (C=O) groups is 1. The van der Waals surface area contributed by atoms with Crippen LogP contribution < -0.4 is 15.0 Å². The standard InChI is InChI=1S/C28H26FN5O5S/c1-38-26-21-3-2-8-34(27(21)31-15-22(26)29)25-7-6-18-13-30-20(12-23(18)33-25)14-32-28(35)17-4-5-19-16-39-9-10-40(36,37)24(19)11-17/h4-7,11-13,15H,2-3,8-10,14,16H2,1H3,(H,32,35). The van der Waals surface area contributed by atoms with E-state index in [2.05, 4.69) is 15.3 Å². The normalized spacial score (nSPS) is 16.1. The van der Waals surface area contributed by atoms with Gasteiger partial charge in [0, 0.05) is 29.3 Å². The second-order valence-electron chi connectivity index (χ2n) is 9.61. The van der Waals surface area contributed by atoms with Gasteiger partial charge in [-0.25, -0.2) is 22.8 Å². The molecule has 3 aromatic heterocycles. The van der Waals surface area contributed by atoms with E-state index in [-0.39, 0.29) is 41.7 Å². The molecular weight excluding hydrogens is 537 g/mol. The minimum absolute atomic E-state index is 0.120. The van der Waals surface area contributed by atoms with Crippen LogP contribution >= 0.6 is 0 Å². The second-order valence-corrected chi connectivity index (χ2v) is 11.7. The lowest BCUT2D eigenvalue weighted by molar-refractivity contribution is 0.0950. The van der Waals surface area contributed by atoms with Gasteiger partial charge in [0.15, 0.2) is 21.4 Å². The van der Waals surface area contributed by atoms with Crippen molar-refractivity contribution in [2.45, 2.75) is 30.9 Å². The third kappa shape index (κ3) is 4.84. The summed E-state index contributed by atoms with van der Waals surface area (Å²) in [5, 5.41) is 3.63. The Kier molecular flexibility index (Phi) is 6.80. The van der Waals surface area contributed by atoms with Crippen molar-refractivity contribution in [1.29, 1.82) is 0 Å². The first-order valence-electron chi connectivity index (χ1n) is 12.8. The summed E-state index contributed by atoms with van der Waals surface area (Å²) in [6, 6.07) is 10.2. The zero-order chi connectivity index (χ0) is 27.9. The molecule has 40 heavy (non-hydrogen) atoms. The van der Waals surface area contributed by atoms with Crippen LogP contribution in [0.25, 0.3) is 10.9 Å². The van der Waals surface area contributed by atoms with E-state index in [1.807, 2.05) is 17.0 Å². The zero-order valence-corrected chi connectivity index (χ0v) is 22.5. The summed E-state index contributed by atoms with van der Waals surface area (Å²) < 4.78 is 50.0. The predicted octanol–water partition coefficient (Wildman–Crippen LogP) is 3.49. The summed E-state index contributed by atoms with van der Waals surface area (Å²) in [5.74, 6) is 0.457. The molecule has 1 aromatic carbocycles. The molecule has 0 unspecified atom stereocenters. The summed E-state index contributed by atoms with van der Waals surface area (Å²) in [4.78, 5) is 28.5. The summed E-state index contributed by atoms with van der Waals surface area (Å²) in [6.07, 6.45) is 4.29. The number of ether oxygens (including phenoxy) is 2. The largest absolute Gasteiger partial charge is 0.493 e. The third-order valence-electron chi connectivity index (χ3n) is 7.07. The number of fused-ring (bicyclic) bond motifs is 3. The van der Waals surface area contributed by atoms with Crippen molar-refractivity contribution in [2.75, 3.05) is 30.9 Å². The van der Waals surface area contributed by atoms with E-state index < -0.39 is 21.6 Å². The van der Waals surface area contributed by atoms with Gasteiger partial charge < -0.3 is 19.7 Å². The van der Waals surface area contributed by atoms with Crippen molar-refractivity contribution in [3.8, 4) is 5.75 Å². The summed E-state index contributed by atoms with van der Waals surface area (Å²) in [5.41, 5.74) is 2.76. The molecule has 1 N–H and O–H groups in total. The van der Waals surface area contributed by atoms with Gasteiger partial charge in [-0.3, -0.25) is 9.78 Å². The number of amides is 1. The molecule has 2 aliphatic rings. The Morgan fingerprint density at radius 3 is 2.90 bits per heavy atom.